The molecule has 0 bridgehead atoms. The van der Waals surface area contributed by atoms with E-state index in [0.717, 1.165) is 11.2 Å². The maximum atomic E-state index is 11.1. The number of anilines is 1. The maximum absolute atomic E-state index is 11.1. The molecule has 0 radical (unpaired) electrons. The zero-order valence-corrected chi connectivity index (χ0v) is 10.4. The predicted molar refractivity (Wildman–Crippen MR) is 66.5 cm³/mol. The zero-order valence-electron chi connectivity index (χ0n) is 9.62. The molecular formula is C11H12N4OS. The van der Waals surface area contributed by atoms with Crippen molar-refractivity contribution < 1.29 is 4.79 Å². The van der Waals surface area contributed by atoms with E-state index < -0.39 is 0 Å². The number of rotatable bonds is 4. The summed E-state index contributed by atoms with van der Waals surface area (Å²) < 4.78 is 1.76. The van der Waals surface area contributed by atoms with Crippen LogP contribution in [0.1, 0.15) is 17.4 Å². The highest BCUT2D eigenvalue weighted by atomic mass is 32.1. The Morgan fingerprint density at radius 3 is 3.18 bits per heavy atom. The summed E-state index contributed by atoms with van der Waals surface area (Å²) in [6.45, 7) is 2.40. The molecule has 0 aliphatic heterocycles. The molecule has 2 aromatic rings. The molecule has 0 aromatic carbocycles. The standard InChI is InChI=1S/C11H12N4OS/c1-8(5-12)6-14(2)10-9(7-16)15-3-4-17-11(15)13-10/h3-4,7-8H,6H2,1-2H3. The van der Waals surface area contributed by atoms with Gasteiger partial charge in [0.05, 0.1) is 12.0 Å². The lowest BCUT2D eigenvalue weighted by atomic mass is 10.2. The Balaban J connectivity index is 2.37. The molecule has 0 spiro atoms. The van der Waals surface area contributed by atoms with Gasteiger partial charge in [0, 0.05) is 25.2 Å². The number of aromatic nitrogens is 2. The molecule has 0 saturated heterocycles. The van der Waals surface area contributed by atoms with Crippen LogP contribution in [0, 0.1) is 17.2 Å². The Labute approximate surface area is 103 Å². The predicted octanol–water partition coefficient (Wildman–Crippen LogP) is 1.80. The van der Waals surface area contributed by atoms with Crippen molar-refractivity contribution in [3.8, 4) is 6.07 Å². The summed E-state index contributed by atoms with van der Waals surface area (Å²) in [6.07, 6.45) is 2.62. The highest BCUT2D eigenvalue weighted by molar-refractivity contribution is 7.15. The molecule has 2 heterocycles. The van der Waals surface area contributed by atoms with Gasteiger partial charge in [0.2, 0.25) is 0 Å². The van der Waals surface area contributed by atoms with Gasteiger partial charge in [-0.15, -0.1) is 11.3 Å². The van der Waals surface area contributed by atoms with Crippen molar-refractivity contribution in [1.82, 2.24) is 9.38 Å². The Hall–Kier alpha value is -1.87. The van der Waals surface area contributed by atoms with Gasteiger partial charge in [0.25, 0.3) is 0 Å². The molecule has 0 amide bonds. The molecule has 0 aliphatic carbocycles. The van der Waals surface area contributed by atoms with Crippen LogP contribution in [0.2, 0.25) is 0 Å². The van der Waals surface area contributed by atoms with Crippen molar-refractivity contribution in [3.63, 3.8) is 0 Å². The quantitative estimate of drug-likeness (QED) is 0.774. The average Bonchev–Trinajstić information content (AvgIpc) is 2.87. The lowest BCUT2D eigenvalue weighted by molar-refractivity contribution is 0.111. The van der Waals surface area contributed by atoms with Crippen LogP contribution in [-0.2, 0) is 0 Å². The lowest BCUT2D eigenvalue weighted by Gasteiger charge is -2.17. The van der Waals surface area contributed by atoms with Crippen LogP contribution in [0.25, 0.3) is 4.96 Å². The summed E-state index contributed by atoms with van der Waals surface area (Å²) in [5.74, 6) is 0.535. The summed E-state index contributed by atoms with van der Waals surface area (Å²) in [7, 11) is 1.84. The Morgan fingerprint density at radius 2 is 2.53 bits per heavy atom. The highest BCUT2D eigenvalue weighted by Crippen LogP contribution is 2.22. The Bertz CT molecular complexity index is 580. The summed E-state index contributed by atoms with van der Waals surface area (Å²) in [5.41, 5.74) is 0.536. The van der Waals surface area contributed by atoms with E-state index in [0.29, 0.717) is 18.1 Å². The monoisotopic (exact) mass is 248 g/mol. The average molecular weight is 248 g/mol. The largest absolute Gasteiger partial charge is 0.356 e. The van der Waals surface area contributed by atoms with E-state index in [4.69, 9.17) is 5.26 Å². The molecule has 2 rings (SSSR count). The number of nitriles is 1. The van der Waals surface area contributed by atoms with Crippen molar-refractivity contribution in [1.29, 1.82) is 5.26 Å². The SMILES string of the molecule is CC(C#N)CN(C)c1nc2sccn2c1C=O. The lowest BCUT2D eigenvalue weighted by Crippen LogP contribution is -2.24. The van der Waals surface area contributed by atoms with E-state index >= 15 is 0 Å². The molecular weight excluding hydrogens is 236 g/mol. The second-order valence-corrected chi connectivity index (χ2v) is 4.78. The van der Waals surface area contributed by atoms with Gasteiger partial charge < -0.3 is 4.90 Å². The van der Waals surface area contributed by atoms with E-state index in [1.165, 1.54) is 11.3 Å². The van der Waals surface area contributed by atoms with Crippen LogP contribution in [0.3, 0.4) is 0 Å². The van der Waals surface area contributed by atoms with Crippen LogP contribution in [0.15, 0.2) is 11.6 Å². The van der Waals surface area contributed by atoms with Gasteiger partial charge in [-0.2, -0.15) is 5.26 Å². The highest BCUT2D eigenvalue weighted by Gasteiger charge is 2.17. The van der Waals surface area contributed by atoms with Crippen LogP contribution in [-0.4, -0.2) is 29.3 Å². The number of nitrogens with zero attached hydrogens (tertiary/aromatic N) is 4. The normalized spacial score (nSPS) is 12.3. The molecule has 0 N–H and O–H groups in total. The fourth-order valence-corrected chi connectivity index (χ4v) is 2.44. The molecule has 0 aliphatic rings. The maximum Gasteiger partial charge on any atom is 0.196 e. The molecule has 88 valence electrons. The van der Waals surface area contributed by atoms with Gasteiger partial charge in [0.15, 0.2) is 17.1 Å². The minimum Gasteiger partial charge on any atom is -0.356 e. The molecule has 17 heavy (non-hydrogen) atoms. The van der Waals surface area contributed by atoms with Gasteiger partial charge in [-0.3, -0.25) is 9.20 Å². The first-order valence-electron chi connectivity index (χ1n) is 5.19. The van der Waals surface area contributed by atoms with Crippen LogP contribution < -0.4 is 4.90 Å². The van der Waals surface area contributed by atoms with Gasteiger partial charge in [-0.1, -0.05) is 0 Å². The van der Waals surface area contributed by atoms with E-state index in [1.54, 1.807) is 4.40 Å². The van der Waals surface area contributed by atoms with Gasteiger partial charge in [-0.05, 0) is 6.92 Å². The minimum absolute atomic E-state index is 0.0979. The van der Waals surface area contributed by atoms with Gasteiger partial charge >= 0.3 is 0 Å². The molecule has 1 atom stereocenters. The number of fused-ring (bicyclic) bond motifs is 1. The third kappa shape index (κ3) is 2.01. The zero-order chi connectivity index (χ0) is 12.4. The first-order valence-corrected chi connectivity index (χ1v) is 6.06. The fraction of sp³-hybridized carbons (Fsp3) is 0.364. The van der Waals surface area contributed by atoms with Gasteiger partial charge in [-0.25, -0.2) is 4.98 Å². The molecule has 2 aromatic heterocycles. The number of imidazole rings is 1. The summed E-state index contributed by atoms with van der Waals surface area (Å²) in [4.78, 5) is 18.1. The topological polar surface area (TPSA) is 61.4 Å². The number of thiazole rings is 1. The van der Waals surface area contributed by atoms with Crippen molar-refractivity contribution >= 4 is 28.4 Å². The van der Waals surface area contributed by atoms with Crippen molar-refractivity contribution in [3.05, 3.63) is 17.3 Å². The number of carbonyl (C=O) groups is 1. The van der Waals surface area contributed by atoms with Crippen LogP contribution >= 0.6 is 11.3 Å². The summed E-state index contributed by atoms with van der Waals surface area (Å²) >= 11 is 1.48. The van der Waals surface area contributed by atoms with Crippen LogP contribution in [0.4, 0.5) is 5.82 Å². The number of hydrogen-bond acceptors (Lipinski definition) is 5. The van der Waals surface area contributed by atoms with E-state index in [9.17, 15) is 4.79 Å². The second-order valence-electron chi connectivity index (χ2n) is 3.90. The molecule has 6 heteroatoms. The van der Waals surface area contributed by atoms with Crippen LogP contribution in [0.5, 0.6) is 0 Å². The first-order chi connectivity index (χ1) is 8.17. The number of hydrogen-bond donors (Lipinski definition) is 0. The summed E-state index contributed by atoms with van der Waals surface area (Å²) in [6, 6.07) is 2.17. The fourth-order valence-electron chi connectivity index (χ4n) is 1.72. The first kappa shape index (κ1) is 11.6. The van der Waals surface area contributed by atoms with E-state index in [2.05, 4.69) is 11.1 Å². The molecule has 5 nitrogen and oxygen atoms in total. The van der Waals surface area contributed by atoms with Crippen molar-refractivity contribution in [2.24, 2.45) is 5.92 Å². The third-order valence-corrected chi connectivity index (χ3v) is 3.28. The molecule has 1 unspecified atom stereocenters. The van der Waals surface area contributed by atoms with Gasteiger partial charge in [0.1, 0.15) is 5.69 Å². The van der Waals surface area contributed by atoms with Crippen molar-refractivity contribution in [2.45, 2.75) is 6.92 Å². The van der Waals surface area contributed by atoms with E-state index in [-0.39, 0.29) is 5.92 Å². The minimum atomic E-state index is -0.0979. The summed E-state index contributed by atoms with van der Waals surface area (Å²) in [5, 5.41) is 10.7. The molecule has 0 saturated carbocycles. The Morgan fingerprint density at radius 1 is 1.76 bits per heavy atom. The smallest absolute Gasteiger partial charge is 0.196 e. The Kier molecular flexibility index (Phi) is 3.11. The van der Waals surface area contributed by atoms with Crippen molar-refractivity contribution in [2.75, 3.05) is 18.5 Å². The third-order valence-electron chi connectivity index (χ3n) is 2.52. The second kappa shape index (κ2) is 4.55. The van der Waals surface area contributed by atoms with E-state index in [1.807, 2.05) is 30.4 Å². The molecule has 0 fully saturated rings. The number of aldehydes is 1. The number of carbonyl (C=O) groups excluding carboxylic acids is 1.